The first-order valence-corrected chi connectivity index (χ1v) is 8.12. The Kier molecular flexibility index (Phi) is 4.04. The zero-order valence-corrected chi connectivity index (χ0v) is 14.4. The molecule has 11 heteroatoms. The van der Waals surface area contributed by atoms with Crippen LogP contribution in [0.2, 0.25) is 0 Å². The number of hydrogen-bond acceptors (Lipinski definition) is 7. The Hall–Kier alpha value is -4.54. The number of carbonyl (C=O) groups excluding carboxylic acids is 2. The molecule has 144 valence electrons. The van der Waals surface area contributed by atoms with Gasteiger partial charge in [0.15, 0.2) is 0 Å². The van der Waals surface area contributed by atoms with Gasteiger partial charge >= 0.3 is 5.69 Å². The number of fused-ring (bicyclic) bond motifs is 1. The van der Waals surface area contributed by atoms with E-state index in [2.05, 4.69) is 4.98 Å². The number of aromatic amines is 2. The van der Waals surface area contributed by atoms with Gasteiger partial charge in [-0.05, 0) is 24.3 Å². The number of H-pyrrole nitrogens is 2. The number of nitro benzene ring substituents is 1. The second-order valence-electron chi connectivity index (χ2n) is 5.97. The molecule has 1 aliphatic rings. The first kappa shape index (κ1) is 17.9. The number of imide groups is 1. The largest absolute Gasteiger partial charge is 0.457 e. The number of nitro groups is 1. The van der Waals surface area contributed by atoms with E-state index in [9.17, 15) is 29.3 Å². The van der Waals surface area contributed by atoms with Gasteiger partial charge in [-0.2, -0.15) is 0 Å². The standard InChI is InChI=1S/C18H10N4O7/c23-15-14(8-19-18(26)20-15)21-16(24)12-5-4-11(7-13(12)17(21)25)29-10-3-1-2-9(6-10)22(27)28/h1-8H,(H2,19,20,23,26). The Morgan fingerprint density at radius 3 is 2.38 bits per heavy atom. The van der Waals surface area contributed by atoms with Crippen molar-refractivity contribution in [2.75, 3.05) is 4.90 Å². The number of anilines is 1. The van der Waals surface area contributed by atoms with Gasteiger partial charge in [-0.1, -0.05) is 6.07 Å². The topological polar surface area (TPSA) is 155 Å². The van der Waals surface area contributed by atoms with Crippen LogP contribution in [0.4, 0.5) is 11.4 Å². The molecular weight excluding hydrogens is 384 g/mol. The highest BCUT2D eigenvalue weighted by molar-refractivity contribution is 6.34. The van der Waals surface area contributed by atoms with E-state index in [0.717, 1.165) is 6.20 Å². The predicted molar refractivity (Wildman–Crippen MR) is 98.4 cm³/mol. The Balaban J connectivity index is 1.68. The van der Waals surface area contributed by atoms with Crippen molar-refractivity contribution in [2.45, 2.75) is 0 Å². The summed E-state index contributed by atoms with van der Waals surface area (Å²) in [7, 11) is 0. The van der Waals surface area contributed by atoms with E-state index in [1.165, 1.54) is 42.5 Å². The highest BCUT2D eigenvalue weighted by Gasteiger charge is 2.38. The summed E-state index contributed by atoms with van der Waals surface area (Å²) in [5.74, 6) is -1.16. The molecule has 1 aliphatic heterocycles. The summed E-state index contributed by atoms with van der Waals surface area (Å²) in [5.41, 5.74) is -2.12. The number of aromatic nitrogens is 2. The summed E-state index contributed by atoms with van der Waals surface area (Å²) >= 11 is 0. The molecule has 2 N–H and O–H groups in total. The Labute approximate surface area is 160 Å². The van der Waals surface area contributed by atoms with Gasteiger partial charge in [0.05, 0.1) is 22.1 Å². The maximum atomic E-state index is 12.7. The van der Waals surface area contributed by atoms with Crippen molar-refractivity contribution in [2.24, 2.45) is 0 Å². The minimum absolute atomic E-state index is 0.0106. The van der Waals surface area contributed by atoms with Gasteiger partial charge < -0.3 is 9.72 Å². The molecular formula is C18H10N4O7. The highest BCUT2D eigenvalue weighted by Crippen LogP contribution is 2.31. The molecule has 11 nitrogen and oxygen atoms in total. The Morgan fingerprint density at radius 2 is 1.66 bits per heavy atom. The number of nitrogens with one attached hydrogen (secondary N) is 2. The van der Waals surface area contributed by atoms with Crippen molar-refractivity contribution >= 4 is 23.2 Å². The van der Waals surface area contributed by atoms with Gasteiger partial charge in [-0.3, -0.25) is 29.5 Å². The first-order chi connectivity index (χ1) is 13.8. The molecule has 2 heterocycles. The summed E-state index contributed by atoms with van der Waals surface area (Å²) in [6.45, 7) is 0. The summed E-state index contributed by atoms with van der Waals surface area (Å²) in [4.78, 5) is 63.5. The fraction of sp³-hybridized carbons (Fsp3) is 0. The molecule has 2 amide bonds. The van der Waals surface area contributed by atoms with Crippen LogP contribution in [0, 0.1) is 10.1 Å². The van der Waals surface area contributed by atoms with E-state index in [4.69, 9.17) is 4.74 Å². The second-order valence-corrected chi connectivity index (χ2v) is 5.97. The zero-order chi connectivity index (χ0) is 20.7. The van der Waals surface area contributed by atoms with Gasteiger partial charge in [-0.15, -0.1) is 0 Å². The summed E-state index contributed by atoms with van der Waals surface area (Å²) in [5, 5.41) is 10.9. The van der Waals surface area contributed by atoms with Gasteiger partial charge in [-0.25, -0.2) is 9.69 Å². The molecule has 0 fully saturated rings. The van der Waals surface area contributed by atoms with Crippen LogP contribution in [0.1, 0.15) is 20.7 Å². The smallest absolute Gasteiger partial charge is 0.325 e. The average molecular weight is 394 g/mol. The molecule has 29 heavy (non-hydrogen) atoms. The van der Waals surface area contributed by atoms with Crippen molar-refractivity contribution in [1.29, 1.82) is 0 Å². The molecule has 0 atom stereocenters. The molecule has 0 aliphatic carbocycles. The molecule has 0 unspecified atom stereocenters. The Bertz CT molecular complexity index is 1310. The van der Waals surface area contributed by atoms with Crippen molar-refractivity contribution in [3.63, 3.8) is 0 Å². The minimum atomic E-state index is -0.892. The fourth-order valence-corrected chi connectivity index (χ4v) is 2.87. The monoisotopic (exact) mass is 394 g/mol. The number of benzene rings is 2. The van der Waals surface area contributed by atoms with E-state index in [1.54, 1.807) is 0 Å². The number of nitrogens with zero attached hydrogens (tertiary/aromatic N) is 2. The molecule has 1 aromatic heterocycles. The third-order valence-electron chi connectivity index (χ3n) is 4.16. The molecule has 4 rings (SSSR count). The Morgan fingerprint density at radius 1 is 0.931 bits per heavy atom. The van der Waals surface area contributed by atoms with Crippen LogP contribution < -0.4 is 20.9 Å². The third kappa shape index (κ3) is 3.06. The van der Waals surface area contributed by atoms with Crippen LogP contribution in [0.25, 0.3) is 0 Å². The van der Waals surface area contributed by atoms with E-state index in [0.29, 0.717) is 4.90 Å². The van der Waals surface area contributed by atoms with E-state index >= 15 is 0 Å². The van der Waals surface area contributed by atoms with Crippen LogP contribution in [0.5, 0.6) is 11.5 Å². The second kappa shape index (κ2) is 6.56. The number of rotatable bonds is 4. The normalized spacial score (nSPS) is 12.8. The zero-order valence-electron chi connectivity index (χ0n) is 14.4. The number of amides is 2. The van der Waals surface area contributed by atoms with Crippen LogP contribution in [-0.2, 0) is 0 Å². The van der Waals surface area contributed by atoms with Crippen LogP contribution >= 0.6 is 0 Å². The maximum absolute atomic E-state index is 12.7. The lowest BCUT2D eigenvalue weighted by atomic mass is 10.1. The third-order valence-corrected chi connectivity index (χ3v) is 4.16. The van der Waals surface area contributed by atoms with E-state index in [-0.39, 0.29) is 34.0 Å². The number of hydrogen-bond donors (Lipinski definition) is 2. The lowest BCUT2D eigenvalue weighted by Crippen LogP contribution is -2.36. The average Bonchev–Trinajstić information content (AvgIpc) is 2.93. The molecule has 0 radical (unpaired) electrons. The van der Waals surface area contributed by atoms with Crippen molar-refractivity contribution in [3.8, 4) is 11.5 Å². The van der Waals surface area contributed by atoms with Gasteiger partial charge in [0, 0.05) is 12.3 Å². The van der Waals surface area contributed by atoms with E-state index < -0.39 is 28.0 Å². The molecule has 3 aromatic rings. The first-order valence-electron chi connectivity index (χ1n) is 8.12. The van der Waals surface area contributed by atoms with Crippen LogP contribution in [0.3, 0.4) is 0 Å². The van der Waals surface area contributed by atoms with Gasteiger partial charge in [0.2, 0.25) is 0 Å². The van der Waals surface area contributed by atoms with Crippen molar-refractivity contribution in [3.05, 3.63) is 90.7 Å². The number of carbonyl (C=O) groups is 2. The number of ether oxygens (including phenoxy) is 1. The predicted octanol–water partition coefficient (Wildman–Crippen LogP) is 1.56. The van der Waals surface area contributed by atoms with Crippen LogP contribution in [-0.4, -0.2) is 26.7 Å². The van der Waals surface area contributed by atoms with Crippen LogP contribution in [0.15, 0.2) is 58.3 Å². The molecule has 0 saturated carbocycles. The number of non-ortho nitro benzene ring substituents is 1. The molecule has 0 bridgehead atoms. The summed E-state index contributed by atoms with van der Waals surface area (Å²) < 4.78 is 5.56. The summed E-state index contributed by atoms with van der Waals surface area (Å²) in [6, 6.07) is 9.53. The van der Waals surface area contributed by atoms with Gasteiger partial charge in [0.1, 0.15) is 17.2 Å². The highest BCUT2D eigenvalue weighted by atomic mass is 16.6. The molecule has 0 spiro atoms. The maximum Gasteiger partial charge on any atom is 0.325 e. The molecule has 0 saturated heterocycles. The van der Waals surface area contributed by atoms with Gasteiger partial charge in [0.25, 0.3) is 23.1 Å². The lowest BCUT2D eigenvalue weighted by Gasteiger charge is -2.11. The SMILES string of the molecule is O=C1c2ccc(Oc3cccc([N+](=O)[O-])c3)cc2C(=O)N1c1c[nH]c(=O)[nH]c1=O. The van der Waals surface area contributed by atoms with Crippen molar-refractivity contribution < 1.29 is 19.2 Å². The molecule has 2 aromatic carbocycles. The van der Waals surface area contributed by atoms with Crippen molar-refractivity contribution in [1.82, 2.24) is 9.97 Å². The summed E-state index contributed by atoms with van der Waals surface area (Å²) in [6.07, 6.45) is 0.976. The fourth-order valence-electron chi connectivity index (χ4n) is 2.87. The quantitative estimate of drug-likeness (QED) is 0.386. The lowest BCUT2D eigenvalue weighted by molar-refractivity contribution is -0.384. The minimum Gasteiger partial charge on any atom is -0.457 e. The van der Waals surface area contributed by atoms with E-state index in [1.807, 2.05) is 4.98 Å².